The molecule has 0 fully saturated rings. The minimum absolute atomic E-state index is 0. The molecule has 0 unspecified atom stereocenters. The average Bonchev–Trinajstić information content (AvgIpc) is 0. The summed E-state index contributed by atoms with van der Waals surface area (Å²) in [6, 6.07) is 0. The number of rotatable bonds is 0. The normalized spacial score (nSPS) is 0. The molecule has 0 rings (SSSR count). The van der Waals surface area contributed by atoms with Crippen LogP contribution in [0, 0.1) is 0 Å². The van der Waals surface area contributed by atoms with Gasteiger partial charge in [-0.1, -0.05) is 0 Å². The molecule has 0 bridgehead atoms. The van der Waals surface area contributed by atoms with Crippen LogP contribution in [0.2, 0.25) is 0 Å². The standard InChI is InChI=1S/Cr.Mg.Mn.H3N.2H/h;;;1H3;;/q;+2;;;2*-1. The third kappa shape index (κ3) is 9.22. The Kier molecular flexibility index (Phi) is 225. The molecule has 4 heavy (non-hydrogen) atoms. The van der Waals surface area contributed by atoms with Crippen LogP contribution in [-0.2, 0) is 34.4 Å². The van der Waals surface area contributed by atoms with Crippen LogP contribution >= 0.6 is 0 Å². The first-order chi connectivity index (χ1) is 0. The maximum atomic E-state index is 0. The van der Waals surface area contributed by atoms with Crippen LogP contribution < -0.4 is 6.15 Å². The van der Waals surface area contributed by atoms with E-state index in [-0.39, 0.29) is 66.5 Å². The Morgan fingerprint density at radius 2 is 1.25 bits per heavy atom. The maximum absolute atomic E-state index is 0. The smallest absolute Gasteiger partial charge is 1.00 e. The van der Waals surface area contributed by atoms with Gasteiger partial charge < -0.3 is 9.00 Å². The summed E-state index contributed by atoms with van der Waals surface area (Å²) in [4.78, 5) is 0. The van der Waals surface area contributed by atoms with Crippen molar-refractivity contribution in [2.75, 3.05) is 0 Å². The summed E-state index contributed by atoms with van der Waals surface area (Å²) in [5.74, 6) is 0. The first-order valence-electron chi connectivity index (χ1n) is 0. The fourth-order valence-electron chi connectivity index (χ4n) is 0. The van der Waals surface area contributed by atoms with Crippen LogP contribution in [0.5, 0.6) is 0 Å². The monoisotopic (exact) mass is 150 g/mol. The van der Waals surface area contributed by atoms with Gasteiger partial charge in [-0.25, -0.2) is 0 Å². The van der Waals surface area contributed by atoms with Gasteiger partial charge in [-0.2, -0.15) is 0 Å². The van der Waals surface area contributed by atoms with Crippen molar-refractivity contribution < 1.29 is 37.3 Å². The molecule has 1 radical (unpaired) electrons. The Morgan fingerprint density at radius 3 is 1.25 bits per heavy atom. The van der Waals surface area contributed by atoms with Gasteiger partial charge in [0, 0.05) is 34.4 Å². The molecule has 0 amide bonds. The van der Waals surface area contributed by atoms with Gasteiger partial charge in [-0.15, -0.1) is 0 Å². The van der Waals surface area contributed by atoms with E-state index in [1.165, 1.54) is 0 Å². The fraction of sp³-hybridized carbons (Fsp3) is 0. The van der Waals surface area contributed by atoms with E-state index in [1.54, 1.807) is 0 Å². The molecule has 0 saturated carbocycles. The number of hydrogen-bond donors (Lipinski definition) is 1. The predicted octanol–water partition coefficient (Wildman–Crippen LogP) is 0.00120. The summed E-state index contributed by atoms with van der Waals surface area (Å²) in [5.41, 5.74) is 0. The molecule has 0 aromatic heterocycles. The average molecular weight is 150 g/mol. The fourth-order valence-corrected chi connectivity index (χ4v) is 0. The van der Waals surface area contributed by atoms with Crippen molar-refractivity contribution in [3.05, 3.63) is 0 Å². The van der Waals surface area contributed by atoms with Crippen LogP contribution in [0.1, 0.15) is 2.85 Å². The van der Waals surface area contributed by atoms with Crippen LogP contribution in [0.3, 0.4) is 0 Å². The number of hydrogen-bond acceptors (Lipinski definition) is 1. The van der Waals surface area contributed by atoms with Crippen molar-refractivity contribution in [3.63, 3.8) is 0 Å². The molecule has 0 saturated heterocycles. The second-order valence-electron chi connectivity index (χ2n) is 0. The summed E-state index contributed by atoms with van der Waals surface area (Å²) in [6.45, 7) is 0. The van der Waals surface area contributed by atoms with E-state index in [0.717, 1.165) is 0 Å². The van der Waals surface area contributed by atoms with E-state index in [1.807, 2.05) is 0 Å². The second kappa shape index (κ2) is 21.6. The molecule has 0 spiro atoms. The van der Waals surface area contributed by atoms with Gasteiger partial charge in [0.15, 0.2) is 0 Å². The van der Waals surface area contributed by atoms with Crippen molar-refractivity contribution in [3.8, 4) is 0 Å². The second-order valence-corrected chi connectivity index (χ2v) is 0. The maximum Gasteiger partial charge on any atom is 2.00 e. The third-order valence-corrected chi connectivity index (χ3v) is 0. The SMILES string of the molecule is N.[Cr].[H-].[H-].[Mg+2].[Mn]. The van der Waals surface area contributed by atoms with E-state index < -0.39 is 0 Å². The largest absolute Gasteiger partial charge is 2.00 e. The summed E-state index contributed by atoms with van der Waals surface area (Å²) in [7, 11) is 0. The van der Waals surface area contributed by atoms with Crippen molar-refractivity contribution in [1.82, 2.24) is 6.15 Å². The van der Waals surface area contributed by atoms with Crippen molar-refractivity contribution >= 4 is 23.1 Å². The molecule has 4 heteroatoms. The van der Waals surface area contributed by atoms with E-state index in [0.29, 0.717) is 0 Å². The predicted molar refractivity (Wildman–Crippen MR) is 13.0 cm³/mol. The Labute approximate surface area is 66.2 Å². The Bertz CT molecular complexity index is 13.5. The molecule has 0 atom stereocenters. The van der Waals surface area contributed by atoms with Gasteiger partial charge in [0.25, 0.3) is 0 Å². The zero-order valence-electron chi connectivity index (χ0n) is 4.20. The van der Waals surface area contributed by atoms with E-state index in [9.17, 15) is 0 Å². The molecule has 3 N–H and O–H groups in total. The molecule has 25 valence electrons. The van der Waals surface area contributed by atoms with Crippen molar-refractivity contribution in [2.45, 2.75) is 0 Å². The minimum Gasteiger partial charge on any atom is -1.00 e. The summed E-state index contributed by atoms with van der Waals surface area (Å²) < 4.78 is 0. The van der Waals surface area contributed by atoms with Crippen molar-refractivity contribution in [1.29, 1.82) is 0 Å². The van der Waals surface area contributed by atoms with Crippen LogP contribution in [0.15, 0.2) is 0 Å². The van der Waals surface area contributed by atoms with Gasteiger partial charge in [-0.05, 0) is 0 Å². The Morgan fingerprint density at radius 1 is 1.25 bits per heavy atom. The molecular formula is H5CrMgMnN. The van der Waals surface area contributed by atoms with Gasteiger partial charge in [0.05, 0.1) is 0 Å². The Hall–Kier alpha value is 1.78. The summed E-state index contributed by atoms with van der Waals surface area (Å²) in [6.07, 6.45) is 0. The topological polar surface area (TPSA) is 35.0 Å². The van der Waals surface area contributed by atoms with E-state index in [4.69, 9.17) is 0 Å². The molecule has 0 aromatic carbocycles. The van der Waals surface area contributed by atoms with Crippen LogP contribution in [-0.4, -0.2) is 23.1 Å². The molecule has 0 aliphatic rings. The first kappa shape index (κ1) is 41.7. The van der Waals surface area contributed by atoms with Crippen LogP contribution in [0.4, 0.5) is 0 Å². The van der Waals surface area contributed by atoms with E-state index in [2.05, 4.69) is 0 Å². The van der Waals surface area contributed by atoms with Gasteiger partial charge in [-0.3, -0.25) is 0 Å². The summed E-state index contributed by atoms with van der Waals surface area (Å²) >= 11 is 0. The quantitative estimate of drug-likeness (QED) is 0.485. The molecule has 0 aliphatic heterocycles. The zero-order valence-corrected chi connectivity index (χ0v) is 6.07. The molecule has 0 aliphatic carbocycles. The molecule has 1 nitrogen and oxygen atoms in total. The molecule has 0 heterocycles. The van der Waals surface area contributed by atoms with Gasteiger partial charge in [0.2, 0.25) is 0 Å². The minimum atomic E-state index is 0. The van der Waals surface area contributed by atoms with Gasteiger partial charge in [0.1, 0.15) is 0 Å². The molecular weight excluding hydrogens is 145 g/mol. The summed E-state index contributed by atoms with van der Waals surface area (Å²) in [5, 5.41) is 0. The zero-order chi connectivity index (χ0) is 0. The first-order valence-corrected chi connectivity index (χ1v) is 0. The molecule has 0 aromatic rings. The Balaban J connectivity index is 0. The van der Waals surface area contributed by atoms with Gasteiger partial charge >= 0.3 is 23.1 Å². The third-order valence-electron chi connectivity index (χ3n) is 0. The van der Waals surface area contributed by atoms with Crippen LogP contribution in [0.25, 0.3) is 0 Å². The van der Waals surface area contributed by atoms with E-state index >= 15 is 0 Å². The van der Waals surface area contributed by atoms with Crippen molar-refractivity contribution in [2.24, 2.45) is 0 Å².